The fraction of sp³-hybridized carbons (Fsp3) is 0.694. The monoisotopic (exact) mass is 945 g/mol. The van der Waals surface area contributed by atoms with E-state index in [0.717, 1.165) is 116 Å². The molecule has 68 heavy (non-hydrogen) atoms. The first-order valence-electron chi connectivity index (χ1n) is 28.2. The van der Waals surface area contributed by atoms with Gasteiger partial charge in [-0.1, -0.05) is 240 Å². The Kier molecular flexibility index (Phi) is 52.9. The van der Waals surface area contributed by atoms with Gasteiger partial charge in [-0.15, -0.1) is 0 Å². The number of allylic oxidation sites excluding steroid dienone is 16. The van der Waals surface area contributed by atoms with Crippen LogP contribution in [0.4, 0.5) is 0 Å². The third-order valence-corrected chi connectivity index (χ3v) is 11.8. The molecule has 388 valence electrons. The molecule has 0 rings (SSSR count). The van der Waals surface area contributed by atoms with E-state index in [2.05, 4.69) is 118 Å². The summed E-state index contributed by atoms with van der Waals surface area (Å²) >= 11 is 0. The molecule has 0 bridgehead atoms. The van der Waals surface area contributed by atoms with Crippen molar-refractivity contribution in [2.45, 2.75) is 264 Å². The summed E-state index contributed by atoms with van der Waals surface area (Å²) in [6, 6.07) is 0. The van der Waals surface area contributed by atoms with Crippen LogP contribution in [0.5, 0.6) is 0 Å². The van der Waals surface area contributed by atoms with Gasteiger partial charge >= 0.3 is 17.9 Å². The zero-order chi connectivity index (χ0) is 49.3. The molecule has 1 unspecified atom stereocenters. The molecule has 0 saturated heterocycles. The molecule has 0 saturated carbocycles. The van der Waals surface area contributed by atoms with E-state index in [1.807, 2.05) is 0 Å². The summed E-state index contributed by atoms with van der Waals surface area (Å²) in [7, 11) is 0. The van der Waals surface area contributed by atoms with Crippen molar-refractivity contribution in [1.29, 1.82) is 0 Å². The van der Waals surface area contributed by atoms with Gasteiger partial charge in [0.15, 0.2) is 6.10 Å². The number of carbonyl (C=O) groups is 3. The van der Waals surface area contributed by atoms with E-state index in [-0.39, 0.29) is 31.1 Å². The average Bonchev–Trinajstić information content (AvgIpc) is 3.34. The standard InChI is InChI=1S/C62H104O6/c1-4-7-10-13-16-18-20-22-24-26-27-28-29-30-31-32-33-34-35-37-38-40-42-44-46-49-52-55-61(64)67-58-59(57-66-60(63)54-51-48-15-12-9-6-3)68-62(65)56-53-50-47-45-43-41-39-36-25-23-21-19-17-14-11-8-5-2/h7-8,10-11,16-19,22-25,27-28,30-31,59H,4-6,9,12-15,20-21,26,29,32-58H2,1-3H3/b10-7-,11-8-,18-16-,19-17-,24-22-,25-23-,28-27-,31-30-. The third-order valence-electron chi connectivity index (χ3n) is 11.8. The van der Waals surface area contributed by atoms with E-state index in [1.165, 1.54) is 103 Å². The number of esters is 3. The molecule has 0 aliphatic rings. The van der Waals surface area contributed by atoms with Gasteiger partial charge in [0.2, 0.25) is 0 Å². The Bertz CT molecular complexity index is 1360. The molecule has 0 N–H and O–H groups in total. The van der Waals surface area contributed by atoms with Crippen LogP contribution in [0.25, 0.3) is 0 Å². The second-order valence-electron chi connectivity index (χ2n) is 18.4. The van der Waals surface area contributed by atoms with Crippen molar-refractivity contribution >= 4 is 17.9 Å². The molecule has 0 aromatic heterocycles. The Morgan fingerprint density at radius 3 is 0.897 bits per heavy atom. The molecule has 1 atom stereocenters. The summed E-state index contributed by atoms with van der Waals surface area (Å²) in [5, 5.41) is 0. The molecule has 6 nitrogen and oxygen atoms in total. The fourth-order valence-corrected chi connectivity index (χ4v) is 7.66. The average molecular weight is 946 g/mol. The smallest absolute Gasteiger partial charge is 0.306 e. The predicted octanol–water partition coefficient (Wildman–Crippen LogP) is 18.9. The zero-order valence-corrected chi connectivity index (χ0v) is 44.3. The van der Waals surface area contributed by atoms with Crippen molar-refractivity contribution in [3.63, 3.8) is 0 Å². The van der Waals surface area contributed by atoms with Crippen LogP contribution in [0.3, 0.4) is 0 Å². The highest BCUT2D eigenvalue weighted by Crippen LogP contribution is 2.15. The van der Waals surface area contributed by atoms with Gasteiger partial charge in [-0.25, -0.2) is 0 Å². The van der Waals surface area contributed by atoms with Crippen LogP contribution in [0.1, 0.15) is 258 Å². The largest absolute Gasteiger partial charge is 0.462 e. The maximum absolute atomic E-state index is 12.8. The van der Waals surface area contributed by atoms with Crippen molar-refractivity contribution < 1.29 is 28.6 Å². The van der Waals surface area contributed by atoms with Crippen LogP contribution in [-0.4, -0.2) is 37.2 Å². The minimum Gasteiger partial charge on any atom is -0.462 e. The lowest BCUT2D eigenvalue weighted by atomic mass is 10.0. The second kappa shape index (κ2) is 55.9. The number of carbonyl (C=O) groups excluding carboxylic acids is 3. The highest BCUT2D eigenvalue weighted by Gasteiger charge is 2.19. The Labute approximate surface area is 419 Å². The van der Waals surface area contributed by atoms with Crippen LogP contribution in [0.2, 0.25) is 0 Å². The van der Waals surface area contributed by atoms with Crippen LogP contribution in [-0.2, 0) is 28.6 Å². The second-order valence-corrected chi connectivity index (χ2v) is 18.4. The van der Waals surface area contributed by atoms with E-state index in [0.29, 0.717) is 19.3 Å². The SMILES string of the molecule is CC/C=C\C/C=C\C/C=C\C/C=C\C/C=C\CCCCCCCCCCCCCC(=O)OCC(COC(=O)CCCCCCCC)OC(=O)CCCCCCCCC/C=C\C/C=C\C/C=C\CC. The molecule has 0 aromatic carbocycles. The van der Waals surface area contributed by atoms with Crippen molar-refractivity contribution in [2.75, 3.05) is 13.2 Å². The predicted molar refractivity (Wildman–Crippen MR) is 293 cm³/mol. The van der Waals surface area contributed by atoms with Gasteiger partial charge in [0.05, 0.1) is 0 Å². The normalized spacial score (nSPS) is 12.8. The Balaban J connectivity index is 4.14. The molecule has 0 radical (unpaired) electrons. The molecule has 0 aromatic rings. The lowest BCUT2D eigenvalue weighted by Crippen LogP contribution is -2.30. The van der Waals surface area contributed by atoms with E-state index in [4.69, 9.17) is 14.2 Å². The molecule has 0 amide bonds. The van der Waals surface area contributed by atoms with Gasteiger partial charge in [-0.05, 0) is 96.3 Å². The number of unbranched alkanes of at least 4 members (excludes halogenated alkanes) is 23. The summed E-state index contributed by atoms with van der Waals surface area (Å²) < 4.78 is 16.7. The zero-order valence-electron chi connectivity index (χ0n) is 44.3. The first kappa shape index (κ1) is 64.3. The summed E-state index contributed by atoms with van der Waals surface area (Å²) in [5.41, 5.74) is 0. The Morgan fingerprint density at radius 2 is 0.574 bits per heavy atom. The number of ether oxygens (including phenoxy) is 3. The third kappa shape index (κ3) is 53.3. The van der Waals surface area contributed by atoms with Gasteiger partial charge < -0.3 is 14.2 Å². The molecular weight excluding hydrogens is 841 g/mol. The van der Waals surface area contributed by atoms with Gasteiger partial charge in [0.1, 0.15) is 13.2 Å². The van der Waals surface area contributed by atoms with Crippen LogP contribution in [0.15, 0.2) is 97.2 Å². The molecule has 0 fully saturated rings. The molecule has 0 aliphatic heterocycles. The maximum atomic E-state index is 12.8. The Hall–Kier alpha value is -3.67. The van der Waals surface area contributed by atoms with Crippen molar-refractivity contribution in [1.82, 2.24) is 0 Å². The topological polar surface area (TPSA) is 78.9 Å². The number of hydrogen-bond donors (Lipinski definition) is 0. The highest BCUT2D eigenvalue weighted by atomic mass is 16.6. The number of hydrogen-bond acceptors (Lipinski definition) is 6. The van der Waals surface area contributed by atoms with Crippen molar-refractivity contribution in [3.8, 4) is 0 Å². The van der Waals surface area contributed by atoms with Gasteiger partial charge in [0.25, 0.3) is 0 Å². The molecule has 0 heterocycles. The van der Waals surface area contributed by atoms with Gasteiger partial charge in [-0.2, -0.15) is 0 Å². The maximum Gasteiger partial charge on any atom is 0.306 e. The summed E-state index contributed by atoms with van der Waals surface area (Å²) in [6.07, 6.45) is 74.3. The van der Waals surface area contributed by atoms with Crippen LogP contribution >= 0.6 is 0 Å². The van der Waals surface area contributed by atoms with Crippen LogP contribution in [0, 0.1) is 0 Å². The number of rotatable bonds is 50. The van der Waals surface area contributed by atoms with Gasteiger partial charge in [-0.3, -0.25) is 14.4 Å². The molecular formula is C62H104O6. The minimum absolute atomic E-state index is 0.0820. The first-order valence-corrected chi connectivity index (χ1v) is 28.2. The fourth-order valence-electron chi connectivity index (χ4n) is 7.66. The summed E-state index contributed by atoms with van der Waals surface area (Å²) in [6.45, 7) is 6.35. The molecule has 6 heteroatoms. The minimum atomic E-state index is -0.781. The summed E-state index contributed by atoms with van der Waals surface area (Å²) in [4.78, 5) is 37.9. The Morgan fingerprint density at radius 1 is 0.309 bits per heavy atom. The highest BCUT2D eigenvalue weighted by molar-refractivity contribution is 5.71. The first-order chi connectivity index (χ1) is 33.5. The van der Waals surface area contributed by atoms with Crippen LogP contribution < -0.4 is 0 Å². The van der Waals surface area contributed by atoms with Crippen molar-refractivity contribution in [2.24, 2.45) is 0 Å². The lowest BCUT2D eigenvalue weighted by molar-refractivity contribution is -0.167. The van der Waals surface area contributed by atoms with Crippen molar-refractivity contribution in [3.05, 3.63) is 97.2 Å². The van der Waals surface area contributed by atoms with E-state index in [9.17, 15) is 14.4 Å². The van der Waals surface area contributed by atoms with E-state index < -0.39 is 6.10 Å². The lowest BCUT2D eigenvalue weighted by Gasteiger charge is -2.18. The van der Waals surface area contributed by atoms with E-state index >= 15 is 0 Å². The quantitative estimate of drug-likeness (QED) is 0.0262. The molecule has 0 spiro atoms. The molecule has 0 aliphatic carbocycles. The van der Waals surface area contributed by atoms with Gasteiger partial charge in [0, 0.05) is 19.3 Å². The summed E-state index contributed by atoms with van der Waals surface area (Å²) in [5.74, 6) is -0.903. The van der Waals surface area contributed by atoms with E-state index in [1.54, 1.807) is 0 Å².